The minimum Gasteiger partial charge on any atom is -0.507 e. The summed E-state index contributed by atoms with van der Waals surface area (Å²) < 4.78 is 0. The van der Waals surface area contributed by atoms with Gasteiger partial charge in [0, 0.05) is 5.57 Å². The lowest BCUT2D eigenvalue weighted by molar-refractivity contribution is -0.114. The molecule has 0 aliphatic carbocycles. The maximum atomic E-state index is 12.3. The third-order valence-electron chi connectivity index (χ3n) is 5.62. The van der Waals surface area contributed by atoms with E-state index in [1.54, 1.807) is 13.0 Å². The summed E-state index contributed by atoms with van der Waals surface area (Å²) in [5, 5.41) is 20.4. The van der Waals surface area contributed by atoms with E-state index < -0.39 is 5.91 Å². The zero-order chi connectivity index (χ0) is 24.4. The van der Waals surface area contributed by atoms with Gasteiger partial charge in [0.1, 0.15) is 11.5 Å². The van der Waals surface area contributed by atoms with Crippen LogP contribution in [0.1, 0.15) is 34.7 Å². The maximum Gasteiger partial charge on any atom is 0.275 e. The second kappa shape index (κ2) is 9.20. The second-order valence-electron chi connectivity index (χ2n) is 8.39. The Balaban J connectivity index is 2.25. The second-order valence-corrected chi connectivity index (χ2v) is 8.39. The minimum atomic E-state index is -0.507. The van der Waals surface area contributed by atoms with Crippen molar-refractivity contribution in [2.75, 3.05) is 0 Å². The number of hydrogen-bond donors (Lipinski definition) is 4. The summed E-state index contributed by atoms with van der Waals surface area (Å²) >= 11 is 0. The normalized spacial score (nSPS) is 11.4. The highest BCUT2D eigenvalue weighted by Gasteiger charge is 2.13. The third kappa shape index (κ3) is 5.06. The van der Waals surface area contributed by atoms with Crippen LogP contribution < -0.4 is 11.5 Å². The topological polar surface area (TPSA) is 122 Å². The fourth-order valence-corrected chi connectivity index (χ4v) is 3.85. The van der Waals surface area contributed by atoms with Crippen LogP contribution >= 0.6 is 0 Å². The number of nitrogens with two attached hydrogens (primary N) is 2. The van der Waals surface area contributed by atoms with E-state index in [0.717, 1.165) is 50.1 Å². The van der Waals surface area contributed by atoms with E-state index in [-0.39, 0.29) is 17.5 Å². The summed E-state index contributed by atoms with van der Waals surface area (Å²) in [6.45, 7) is 9.10. The predicted octanol–water partition coefficient (Wildman–Crippen LogP) is 4.87. The van der Waals surface area contributed by atoms with E-state index in [1.165, 1.54) is 0 Å². The average Bonchev–Trinajstić information content (AvgIpc) is 2.74. The molecule has 3 aromatic rings. The molecule has 0 aliphatic rings. The van der Waals surface area contributed by atoms with E-state index in [4.69, 9.17) is 11.5 Å². The molecule has 0 unspecified atom stereocenters. The largest absolute Gasteiger partial charge is 0.507 e. The van der Waals surface area contributed by atoms with Gasteiger partial charge in [0.05, 0.1) is 0 Å². The standard InChI is InChI=1S/C27H29N3O3/c1-14-8-21(9-15(2)24(14)31)19-6-7-20(12-18(5)26(33)30-27(28)29)23(13-19)22-10-16(3)25(32)17(4)11-22/h6-13,31-32H,1-5H3,(H4,28,29,30,33). The van der Waals surface area contributed by atoms with Gasteiger partial charge in [-0.1, -0.05) is 12.1 Å². The number of rotatable bonds is 4. The monoisotopic (exact) mass is 443 g/mol. The quantitative estimate of drug-likeness (QED) is 0.260. The highest BCUT2D eigenvalue weighted by Crippen LogP contribution is 2.36. The summed E-state index contributed by atoms with van der Waals surface area (Å²) in [6.07, 6.45) is 1.75. The Bertz CT molecular complexity index is 1270. The number of aromatic hydroxyl groups is 2. The van der Waals surface area contributed by atoms with Crippen LogP contribution in [0.4, 0.5) is 0 Å². The number of nitrogens with zero attached hydrogens (tertiary/aromatic N) is 1. The van der Waals surface area contributed by atoms with Gasteiger partial charge in [-0.3, -0.25) is 4.79 Å². The van der Waals surface area contributed by atoms with E-state index in [0.29, 0.717) is 5.57 Å². The van der Waals surface area contributed by atoms with Crippen molar-refractivity contribution < 1.29 is 15.0 Å². The van der Waals surface area contributed by atoms with Crippen molar-refractivity contribution in [3.8, 4) is 33.8 Å². The highest BCUT2D eigenvalue weighted by atomic mass is 16.3. The number of benzene rings is 3. The molecular formula is C27H29N3O3. The molecule has 3 rings (SSSR count). The van der Waals surface area contributed by atoms with E-state index >= 15 is 0 Å². The van der Waals surface area contributed by atoms with Crippen molar-refractivity contribution in [1.82, 2.24) is 0 Å². The summed E-state index contributed by atoms with van der Waals surface area (Å²) in [4.78, 5) is 15.9. The van der Waals surface area contributed by atoms with Gasteiger partial charge in [0.2, 0.25) is 0 Å². The molecule has 33 heavy (non-hydrogen) atoms. The number of guanidine groups is 1. The molecular weight excluding hydrogens is 414 g/mol. The Morgan fingerprint density at radius 1 is 0.788 bits per heavy atom. The first-order valence-corrected chi connectivity index (χ1v) is 10.6. The number of carbonyl (C=O) groups is 1. The first kappa shape index (κ1) is 23.6. The van der Waals surface area contributed by atoms with Crippen molar-refractivity contribution in [2.24, 2.45) is 16.5 Å². The van der Waals surface area contributed by atoms with Gasteiger partial charge in [-0.2, -0.15) is 4.99 Å². The van der Waals surface area contributed by atoms with Crippen LogP contribution in [-0.4, -0.2) is 22.1 Å². The lowest BCUT2D eigenvalue weighted by Gasteiger charge is -2.15. The van der Waals surface area contributed by atoms with Crippen molar-refractivity contribution in [1.29, 1.82) is 0 Å². The molecule has 1 amide bonds. The minimum absolute atomic E-state index is 0.260. The first-order valence-electron chi connectivity index (χ1n) is 10.6. The number of aliphatic imine (C=N–C) groups is 1. The van der Waals surface area contributed by atoms with Gasteiger partial charge in [0.15, 0.2) is 5.96 Å². The molecule has 0 heterocycles. The Morgan fingerprint density at radius 3 is 1.76 bits per heavy atom. The van der Waals surface area contributed by atoms with E-state index in [2.05, 4.69) is 4.99 Å². The lowest BCUT2D eigenvalue weighted by Crippen LogP contribution is -2.24. The zero-order valence-corrected chi connectivity index (χ0v) is 19.5. The molecule has 0 aliphatic heterocycles. The van der Waals surface area contributed by atoms with Crippen molar-refractivity contribution >= 4 is 17.9 Å². The van der Waals surface area contributed by atoms with Crippen molar-refractivity contribution in [3.05, 3.63) is 75.9 Å². The third-order valence-corrected chi connectivity index (χ3v) is 5.62. The number of amides is 1. The molecule has 0 bridgehead atoms. The average molecular weight is 444 g/mol. The highest BCUT2D eigenvalue weighted by molar-refractivity contribution is 6.04. The molecule has 0 aromatic heterocycles. The van der Waals surface area contributed by atoms with E-state index in [9.17, 15) is 15.0 Å². The lowest BCUT2D eigenvalue weighted by atomic mass is 9.91. The SMILES string of the molecule is CC(=Cc1ccc(-c2cc(C)c(O)c(C)c2)cc1-c1cc(C)c(O)c(C)c1)C(=O)N=C(N)N. The van der Waals surface area contributed by atoms with Crippen LogP contribution in [0.5, 0.6) is 11.5 Å². The fraction of sp³-hybridized carbons (Fsp3) is 0.185. The molecule has 6 nitrogen and oxygen atoms in total. The van der Waals surface area contributed by atoms with Crippen molar-refractivity contribution in [3.63, 3.8) is 0 Å². The zero-order valence-electron chi connectivity index (χ0n) is 19.5. The molecule has 6 N–H and O–H groups in total. The van der Waals surface area contributed by atoms with Gasteiger partial charge in [-0.15, -0.1) is 0 Å². The van der Waals surface area contributed by atoms with Crippen LogP contribution in [0, 0.1) is 27.7 Å². The summed E-state index contributed by atoms with van der Waals surface area (Å²) in [7, 11) is 0. The molecule has 3 aromatic carbocycles. The van der Waals surface area contributed by atoms with Gasteiger partial charge in [0.25, 0.3) is 5.91 Å². The number of carbonyl (C=O) groups excluding carboxylic acids is 1. The summed E-state index contributed by atoms with van der Waals surface area (Å²) in [6, 6.07) is 13.7. The summed E-state index contributed by atoms with van der Waals surface area (Å²) in [5.41, 5.74) is 18.7. The molecule has 6 heteroatoms. The Labute approximate surface area is 193 Å². The molecule has 0 saturated heterocycles. The number of aryl methyl sites for hydroxylation is 4. The van der Waals surface area contributed by atoms with Gasteiger partial charge in [-0.25, -0.2) is 0 Å². The molecule has 0 saturated carbocycles. The Kier molecular flexibility index (Phi) is 6.58. The van der Waals surface area contributed by atoms with E-state index in [1.807, 2.05) is 70.2 Å². The molecule has 0 radical (unpaired) electrons. The van der Waals surface area contributed by atoms with Crippen molar-refractivity contribution in [2.45, 2.75) is 34.6 Å². The first-order chi connectivity index (χ1) is 15.5. The van der Waals surface area contributed by atoms with Crippen LogP contribution in [0.2, 0.25) is 0 Å². The molecule has 170 valence electrons. The maximum absolute atomic E-state index is 12.3. The van der Waals surface area contributed by atoms with Crippen LogP contribution in [0.3, 0.4) is 0 Å². The number of phenolic OH excluding ortho intramolecular Hbond substituents is 2. The summed E-state index contributed by atoms with van der Waals surface area (Å²) in [5.74, 6) is -0.243. The molecule has 0 fully saturated rings. The van der Waals surface area contributed by atoms with Crippen LogP contribution in [0.15, 0.2) is 53.0 Å². The smallest absolute Gasteiger partial charge is 0.275 e. The fourth-order valence-electron chi connectivity index (χ4n) is 3.85. The molecule has 0 spiro atoms. The van der Waals surface area contributed by atoms with Crippen LogP contribution in [-0.2, 0) is 4.79 Å². The number of phenols is 2. The van der Waals surface area contributed by atoms with Crippen LogP contribution in [0.25, 0.3) is 28.3 Å². The Morgan fingerprint density at radius 2 is 1.27 bits per heavy atom. The van der Waals surface area contributed by atoms with Gasteiger partial charge >= 0.3 is 0 Å². The van der Waals surface area contributed by atoms with Gasteiger partial charge < -0.3 is 21.7 Å². The van der Waals surface area contributed by atoms with Gasteiger partial charge in [-0.05, 0) is 121 Å². The predicted molar refractivity (Wildman–Crippen MR) is 134 cm³/mol. The molecule has 0 atom stereocenters. The Hall–Kier alpha value is -4.06. The number of hydrogen-bond acceptors (Lipinski definition) is 3.